The lowest BCUT2D eigenvalue weighted by atomic mass is 10.0. The van der Waals surface area contributed by atoms with Crippen molar-refractivity contribution in [2.75, 3.05) is 4.90 Å². The monoisotopic (exact) mass is 743 g/mol. The minimum absolute atomic E-state index is 0.697. The normalized spacial score (nSPS) is 11.1. The van der Waals surface area contributed by atoms with Crippen molar-refractivity contribution in [3.8, 4) is 67.5 Å². The number of imidazole rings is 1. The van der Waals surface area contributed by atoms with Crippen LogP contribution in [0.5, 0.6) is 0 Å². The second-order valence-corrected chi connectivity index (χ2v) is 14.1. The van der Waals surface area contributed by atoms with Crippen molar-refractivity contribution in [1.82, 2.24) is 19.4 Å². The van der Waals surface area contributed by atoms with Gasteiger partial charge in [0.05, 0.1) is 22.8 Å². The third-order valence-electron chi connectivity index (χ3n) is 10.4. The summed E-state index contributed by atoms with van der Waals surface area (Å²) in [5, 5.41) is 0. The summed E-state index contributed by atoms with van der Waals surface area (Å²) in [6.45, 7) is 0. The highest BCUT2D eigenvalue weighted by molar-refractivity contribution is 5.86. The average Bonchev–Trinajstić information content (AvgIpc) is 3.71. The summed E-state index contributed by atoms with van der Waals surface area (Å²) in [4.78, 5) is 17.5. The molecule has 10 aromatic rings. The Morgan fingerprint density at radius 1 is 0.328 bits per heavy atom. The Kier molecular flexibility index (Phi) is 9.14. The van der Waals surface area contributed by atoms with Crippen LogP contribution in [0.25, 0.3) is 73.2 Å². The quantitative estimate of drug-likeness (QED) is 0.148. The van der Waals surface area contributed by atoms with Gasteiger partial charge in [-0.1, -0.05) is 164 Å². The van der Waals surface area contributed by atoms with Crippen LogP contribution in [0.3, 0.4) is 0 Å². The molecular formula is C53H37N5. The molecule has 7 aromatic carbocycles. The first-order valence-electron chi connectivity index (χ1n) is 19.4. The molecule has 0 N–H and O–H groups in total. The van der Waals surface area contributed by atoms with E-state index in [9.17, 15) is 0 Å². The van der Waals surface area contributed by atoms with Crippen molar-refractivity contribution in [2.45, 2.75) is 0 Å². The molecule has 0 aliphatic rings. The molecular weight excluding hydrogens is 707 g/mol. The van der Waals surface area contributed by atoms with Crippen molar-refractivity contribution in [2.24, 2.45) is 0 Å². The Bertz CT molecular complexity index is 2900. The van der Waals surface area contributed by atoms with Crippen LogP contribution in [0.1, 0.15) is 0 Å². The summed E-state index contributed by atoms with van der Waals surface area (Å²) < 4.78 is 2.17. The molecule has 0 radical (unpaired) electrons. The maximum atomic E-state index is 5.15. The maximum Gasteiger partial charge on any atom is 0.160 e. The van der Waals surface area contributed by atoms with Gasteiger partial charge in [0.1, 0.15) is 5.65 Å². The van der Waals surface area contributed by atoms with Gasteiger partial charge in [-0.25, -0.2) is 15.0 Å². The Morgan fingerprint density at radius 3 is 1.43 bits per heavy atom. The van der Waals surface area contributed by atoms with Gasteiger partial charge in [-0.3, -0.25) is 4.40 Å². The minimum Gasteiger partial charge on any atom is -0.310 e. The molecule has 5 nitrogen and oxygen atoms in total. The van der Waals surface area contributed by atoms with E-state index in [4.69, 9.17) is 15.0 Å². The fourth-order valence-corrected chi connectivity index (χ4v) is 7.59. The minimum atomic E-state index is 0.697. The topological polar surface area (TPSA) is 46.3 Å². The van der Waals surface area contributed by atoms with Crippen LogP contribution in [0.2, 0.25) is 0 Å². The lowest BCUT2D eigenvalue weighted by Gasteiger charge is -2.26. The third kappa shape index (κ3) is 6.82. The number of rotatable bonds is 9. The van der Waals surface area contributed by atoms with E-state index in [2.05, 4.69) is 185 Å². The largest absolute Gasteiger partial charge is 0.310 e. The Morgan fingerprint density at radius 2 is 0.810 bits per heavy atom. The lowest BCUT2D eigenvalue weighted by molar-refractivity contribution is 1.18. The van der Waals surface area contributed by atoms with Gasteiger partial charge in [0.2, 0.25) is 0 Å². The first-order valence-corrected chi connectivity index (χ1v) is 19.4. The molecule has 274 valence electrons. The Hall–Kier alpha value is -7.89. The summed E-state index contributed by atoms with van der Waals surface area (Å²) in [5.74, 6) is 0.697. The van der Waals surface area contributed by atoms with Crippen LogP contribution in [0.4, 0.5) is 17.1 Å². The molecule has 3 heterocycles. The van der Waals surface area contributed by atoms with Crippen LogP contribution in [-0.2, 0) is 0 Å². The standard InChI is InChI=1S/C53H37N5/c1-5-16-40(17-6-1)48-37-49(41-18-7-2-8-19-41)55-53(54-48)43-29-27-38(28-30-43)39-31-33-46(34-32-39)58(45-23-11-4-12-24-45)47-25-15-22-44(36-47)51-52(42-20-9-3-10-21-42)57-35-14-13-26-50(57)56-51/h1-37H. The molecule has 0 amide bonds. The zero-order valence-electron chi connectivity index (χ0n) is 31.6. The van der Waals surface area contributed by atoms with Crippen molar-refractivity contribution < 1.29 is 0 Å². The average molecular weight is 744 g/mol. The fourth-order valence-electron chi connectivity index (χ4n) is 7.59. The van der Waals surface area contributed by atoms with E-state index in [0.717, 1.165) is 84.4 Å². The summed E-state index contributed by atoms with van der Waals surface area (Å²) >= 11 is 0. The molecule has 0 bridgehead atoms. The SMILES string of the molecule is c1ccc(-c2cc(-c3ccccc3)nc(-c3ccc(-c4ccc(N(c5ccccc5)c5cccc(-c6nc7ccccn7c6-c6ccccc6)c5)cc4)cc3)n2)cc1. The maximum absolute atomic E-state index is 5.15. The van der Waals surface area contributed by atoms with Gasteiger partial charge in [0.15, 0.2) is 5.82 Å². The van der Waals surface area contributed by atoms with Crippen molar-refractivity contribution >= 4 is 22.7 Å². The molecule has 0 atom stereocenters. The molecule has 0 aliphatic carbocycles. The fraction of sp³-hybridized carbons (Fsp3) is 0. The van der Waals surface area contributed by atoms with E-state index in [1.807, 2.05) is 48.5 Å². The number of pyridine rings is 1. The summed E-state index contributed by atoms with van der Waals surface area (Å²) in [7, 11) is 0. The van der Waals surface area contributed by atoms with Crippen LogP contribution >= 0.6 is 0 Å². The second-order valence-electron chi connectivity index (χ2n) is 14.1. The molecule has 0 spiro atoms. The van der Waals surface area contributed by atoms with Gasteiger partial charge < -0.3 is 4.90 Å². The third-order valence-corrected chi connectivity index (χ3v) is 10.4. The van der Waals surface area contributed by atoms with Crippen molar-refractivity contribution in [3.05, 3.63) is 225 Å². The van der Waals surface area contributed by atoms with Crippen LogP contribution < -0.4 is 4.90 Å². The smallest absolute Gasteiger partial charge is 0.160 e. The van der Waals surface area contributed by atoms with Crippen molar-refractivity contribution in [3.63, 3.8) is 0 Å². The first kappa shape index (κ1) is 34.6. The molecule has 0 unspecified atom stereocenters. The number of hydrogen-bond acceptors (Lipinski definition) is 4. The van der Waals surface area contributed by atoms with Gasteiger partial charge in [-0.05, 0) is 65.7 Å². The van der Waals surface area contributed by atoms with E-state index >= 15 is 0 Å². The van der Waals surface area contributed by atoms with Gasteiger partial charge in [-0.2, -0.15) is 0 Å². The number of benzene rings is 7. The number of nitrogens with zero attached hydrogens (tertiary/aromatic N) is 5. The molecule has 0 saturated heterocycles. The molecule has 0 aliphatic heterocycles. The van der Waals surface area contributed by atoms with Crippen LogP contribution in [0, 0.1) is 0 Å². The van der Waals surface area contributed by atoms with Gasteiger partial charge >= 0.3 is 0 Å². The summed E-state index contributed by atoms with van der Waals surface area (Å²) in [6, 6.07) is 75.8. The number of aromatic nitrogens is 4. The molecule has 58 heavy (non-hydrogen) atoms. The number of hydrogen-bond donors (Lipinski definition) is 0. The van der Waals surface area contributed by atoms with Crippen LogP contribution in [0.15, 0.2) is 225 Å². The molecule has 10 rings (SSSR count). The van der Waals surface area contributed by atoms with Gasteiger partial charge in [-0.15, -0.1) is 0 Å². The molecule has 0 fully saturated rings. The highest BCUT2D eigenvalue weighted by atomic mass is 15.1. The lowest BCUT2D eigenvalue weighted by Crippen LogP contribution is -2.09. The predicted octanol–water partition coefficient (Wildman–Crippen LogP) is 13.6. The zero-order chi connectivity index (χ0) is 38.7. The van der Waals surface area contributed by atoms with E-state index in [-0.39, 0.29) is 0 Å². The van der Waals surface area contributed by atoms with Crippen LogP contribution in [-0.4, -0.2) is 19.4 Å². The van der Waals surface area contributed by atoms with E-state index in [1.54, 1.807) is 0 Å². The second kappa shape index (κ2) is 15.3. The van der Waals surface area contributed by atoms with Gasteiger partial charge in [0.25, 0.3) is 0 Å². The Labute approximate surface area is 337 Å². The van der Waals surface area contributed by atoms with E-state index in [0.29, 0.717) is 5.82 Å². The molecule has 0 saturated carbocycles. The number of para-hydroxylation sites is 1. The predicted molar refractivity (Wildman–Crippen MR) is 238 cm³/mol. The van der Waals surface area contributed by atoms with E-state index < -0.39 is 0 Å². The highest BCUT2D eigenvalue weighted by Gasteiger charge is 2.19. The summed E-state index contributed by atoms with van der Waals surface area (Å²) in [5.41, 5.74) is 15.4. The zero-order valence-corrected chi connectivity index (χ0v) is 31.6. The molecule has 3 aromatic heterocycles. The Balaban J connectivity index is 0.987. The highest BCUT2D eigenvalue weighted by Crippen LogP contribution is 2.40. The summed E-state index contributed by atoms with van der Waals surface area (Å²) in [6.07, 6.45) is 2.09. The van der Waals surface area contributed by atoms with E-state index in [1.165, 1.54) is 0 Å². The first-order chi connectivity index (χ1) is 28.7. The number of anilines is 3. The van der Waals surface area contributed by atoms with Crippen molar-refractivity contribution in [1.29, 1.82) is 0 Å². The number of fused-ring (bicyclic) bond motifs is 1. The van der Waals surface area contributed by atoms with Gasteiger partial charge in [0, 0.05) is 51.1 Å². The molecule has 5 heteroatoms.